The number of nitrogens with zero attached hydrogens (tertiary/aromatic N) is 1. The molecular formula is C18H19BrN2O5. The van der Waals surface area contributed by atoms with Crippen LogP contribution < -0.4 is 10.2 Å². The standard InChI is InChI=1S/C18H19BrN2O5/c1-11(2)25-16(22)10-20-17(23)12-6-4-5-7-13(12)21(3)18(24)14-8-9-15(19)26-14/h4-9,11H,10H2,1-3H3,(H,20,23). The van der Waals surface area contributed by atoms with Crippen LogP contribution in [0.2, 0.25) is 0 Å². The lowest BCUT2D eigenvalue weighted by Crippen LogP contribution is -2.34. The van der Waals surface area contributed by atoms with Crippen LogP contribution in [0.3, 0.4) is 0 Å². The molecule has 0 atom stereocenters. The number of ether oxygens (including phenoxy) is 1. The zero-order chi connectivity index (χ0) is 19.3. The van der Waals surface area contributed by atoms with Gasteiger partial charge in [-0.25, -0.2) is 0 Å². The minimum atomic E-state index is -0.532. The normalized spacial score (nSPS) is 10.5. The summed E-state index contributed by atoms with van der Waals surface area (Å²) in [6.07, 6.45) is -0.261. The van der Waals surface area contributed by atoms with Crippen molar-refractivity contribution >= 4 is 39.4 Å². The predicted octanol–water partition coefficient (Wildman–Crippen LogP) is 3.00. The van der Waals surface area contributed by atoms with Crippen LogP contribution in [0.5, 0.6) is 0 Å². The lowest BCUT2D eigenvalue weighted by Gasteiger charge is -2.19. The highest BCUT2D eigenvalue weighted by atomic mass is 79.9. The molecule has 1 aromatic heterocycles. The van der Waals surface area contributed by atoms with Gasteiger partial charge in [0.05, 0.1) is 17.4 Å². The van der Waals surface area contributed by atoms with Crippen LogP contribution in [0.1, 0.15) is 34.8 Å². The Morgan fingerprint density at radius 3 is 2.50 bits per heavy atom. The number of benzene rings is 1. The zero-order valence-electron chi connectivity index (χ0n) is 14.6. The van der Waals surface area contributed by atoms with Crippen molar-refractivity contribution in [2.45, 2.75) is 20.0 Å². The molecule has 0 radical (unpaired) electrons. The molecule has 8 heteroatoms. The number of hydrogen-bond acceptors (Lipinski definition) is 5. The Kier molecular flexibility index (Phi) is 6.57. The highest BCUT2D eigenvalue weighted by Gasteiger charge is 2.22. The lowest BCUT2D eigenvalue weighted by atomic mass is 10.1. The van der Waals surface area contributed by atoms with E-state index in [-0.39, 0.29) is 24.0 Å². The Hall–Kier alpha value is -2.61. The third-order valence-electron chi connectivity index (χ3n) is 3.36. The fraction of sp³-hybridized carbons (Fsp3) is 0.278. The lowest BCUT2D eigenvalue weighted by molar-refractivity contribution is -0.146. The molecule has 1 heterocycles. The molecule has 0 unspecified atom stereocenters. The summed E-state index contributed by atoms with van der Waals surface area (Å²) in [7, 11) is 1.54. The summed E-state index contributed by atoms with van der Waals surface area (Å²) in [5.41, 5.74) is 0.645. The smallest absolute Gasteiger partial charge is 0.325 e. The first kappa shape index (κ1) is 19.7. The van der Waals surface area contributed by atoms with Gasteiger partial charge in [0.25, 0.3) is 11.8 Å². The van der Waals surface area contributed by atoms with E-state index in [1.165, 1.54) is 18.0 Å². The number of amides is 2. The van der Waals surface area contributed by atoms with Crippen molar-refractivity contribution in [2.24, 2.45) is 0 Å². The number of hydrogen-bond donors (Lipinski definition) is 1. The van der Waals surface area contributed by atoms with Gasteiger partial charge in [-0.05, 0) is 54.0 Å². The van der Waals surface area contributed by atoms with E-state index >= 15 is 0 Å². The summed E-state index contributed by atoms with van der Waals surface area (Å²) in [6.45, 7) is 3.19. The average molecular weight is 423 g/mol. The van der Waals surface area contributed by atoms with Crippen molar-refractivity contribution in [3.05, 3.63) is 52.4 Å². The van der Waals surface area contributed by atoms with Crippen LogP contribution in [0.4, 0.5) is 5.69 Å². The van der Waals surface area contributed by atoms with Crippen LogP contribution >= 0.6 is 15.9 Å². The Bertz CT molecular complexity index is 815. The Morgan fingerprint density at radius 1 is 1.19 bits per heavy atom. The van der Waals surface area contributed by atoms with Gasteiger partial charge >= 0.3 is 5.97 Å². The zero-order valence-corrected chi connectivity index (χ0v) is 16.2. The number of furan rings is 1. The quantitative estimate of drug-likeness (QED) is 0.722. The predicted molar refractivity (Wildman–Crippen MR) is 99.1 cm³/mol. The van der Waals surface area contributed by atoms with Crippen LogP contribution in [0.15, 0.2) is 45.5 Å². The van der Waals surface area contributed by atoms with Crippen LogP contribution in [0, 0.1) is 0 Å². The molecule has 26 heavy (non-hydrogen) atoms. The van der Waals surface area contributed by atoms with Crippen LogP contribution in [0.25, 0.3) is 0 Å². The minimum Gasteiger partial charge on any atom is -0.462 e. The van der Waals surface area contributed by atoms with E-state index in [9.17, 15) is 14.4 Å². The molecule has 0 aliphatic rings. The summed E-state index contributed by atoms with van der Waals surface area (Å²) in [4.78, 5) is 37.9. The molecule has 138 valence electrons. The summed E-state index contributed by atoms with van der Waals surface area (Å²) in [6, 6.07) is 9.73. The monoisotopic (exact) mass is 422 g/mol. The largest absolute Gasteiger partial charge is 0.462 e. The number of halogens is 1. The number of anilines is 1. The van der Waals surface area contributed by atoms with E-state index in [0.717, 1.165) is 0 Å². The molecule has 0 fully saturated rings. The van der Waals surface area contributed by atoms with Gasteiger partial charge in [-0.1, -0.05) is 12.1 Å². The molecule has 0 saturated heterocycles. The first-order valence-electron chi connectivity index (χ1n) is 7.89. The Labute approximate surface area is 159 Å². The van der Waals surface area contributed by atoms with Crippen molar-refractivity contribution < 1.29 is 23.5 Å². The Balaban J connectivity index is 2.15. The highest BCUT2D eigenvalue weighted by Crippen LogP contribution is 2.23. The molecule has 2 amide bonds. The molecule has 0 bridgehead atoms. The van der Waals surface area contributed by atoms with E-state index < -0.39 is 17.8 Å². The van der Waals surface area contributed by atoms with E-state index in [1.807, 2.05) is 0 Å². The summed E-state index contributed by atoms with van der Waals surface area (Å²) < 4.78 is 10.7. The van der Waals surface area contributed by atoms with E-state index in [1.54, 1.807) is 44.2 Å². The second kappa shape index (κ2) is 8.66. The molecule has 0 spiro atoms. The van der Waals surface area contributed by atoms with Crippen molar-refractivity contribution in [1.29, 1.82) is 0 Å². The maximum Gasteiger partial charge on any atom is 0.325 e. The van der Waals surface area contributed by atoms with Gasteiger partial charge < -0.3 is 19.4 Å². The van der Waals surface area contributed by atoms with Gasteiger partial charge in [-0.15, -0.1) is 0 Å². The van der Waals surface area contributed by atoms with Crippen molar-refractivity contribution in [1.82, 2.24) is 5.32 Å². The number of rotatable bonds is 6. The number of esters is 1. The van der Waals surface area contributed by atoms with Crippen molar-refractivity contribution in [2.75, 3.05) is 18.5 Å². The molecule has 2 rings (SSSR count). The first-order valence-corrected chi connectivity index (χ1v) is 8.69. The fourth-order valence-electron chi connectivity index (χ4n) is 2.21. The van der Waals surface area contributed by atoms with Crippen LogP contribution in [-0.2, 0) is 9.53 Å². The van der Waals surface area contributed by atoms with Gasteiger partial charge in [-0.3, -0.25) is 14.4 Å². The van der Waals surface area contributed by atoms with Gasteiger partial charge in [0.1, 0.15) is 6.54 Å². The summed E-state index contributed by atoms with van der Waals surface area (Å²) in [5, 5.41) is 2.50. The highest BCUT2D eigenvalue weighted by molar-refractivity contribution is 9.10. The number of para-hydroxylation sites is 1. The molecular weight excluding hydrogens is 404 g/mol. The van der Waals surface area contributed by atoms with Gasteiger partial charge in [-0.2, -0.15) is 0 Å². The molecule has 1 N–H and O–H groups in total. The van der Waals surface area contributed by atoms with E-state index in [2.05, 4.69) is 21.2 Å². The third-order valence-corrected chi connectivity index (χ3v) is 3.79. The molecule has 7 nitrogen and oxygen atoms in total. The number of nitrogens with one attached hydrogen (secondary N) is 1. The SMILES string of the molecule is CC(C)OC(=O)CNC(=O)c1ccccc1N(C)C(=O)c1ccc(Br)o1. The minimum absolute atomic E-state index is 0.134. The van der Waals surface area contributed by atoms with Crippen molar-refractivity contribution in [3.63, 3.8) is 0 Å². The summed E-state index contributed by atoms with van der Waals surface area (Å²) >= 11 is 3.15. The van der Waals surface area contributed by atoms with Gasteiger partial charge in [0.2, 0.25) is 0 Å². The molecule has 0 aliphatic carbocycles. The Morgan fingerprint density at radius 2 is 1.88 bits per heavy atom. The first-order chi connectivity index (χ1) is 12.3. The maximum atomic E-state index is 12.5. The van der Waals surface area contributed by atoms with Crippen molar-refractivity contribution in [3.8, 4) is 0 Å². The summed E-state index contributed by atoms with van der Waals surface area (Å²) in [5.74, 6) is -1.29. The van der Waals surface area contributed by atoms with E-state index in [4.69, 9.17) is 9.15 Å². The maximum absolute atomic E-state index is 12.5. The molecule has 0 aliphatic heterocycles. The second-order valence-corrected chi connectivity index (χ2v) is 6.49. The topological polar surface area (TPSA) is 88.9 Å². The van der Waals surface area contributed by atoms with Crippen LogP contribution in [-0.4, -0.2) is 37.5 Å². The molecule has 1 aromatic carbocycles. The van der Waals surface area contributed by atoms with E-state index in [0.29, 0.717) is 10.4 Å². The molecule has 0 saturated carbocycles. The second-order valence-electron chi connectivity index (χ2n) is 5.71. The molecule has 2 aromatic rings. The van der Waals surface area contributed by atoms with Gasteiger partial charge in [0, 0.05) is 7.05 Å². The average Bonchev–Trinajstić information content (AvgIpc) is 3.04. The third kappa shape index (κ3) is 4.95. The number of carbonyl (C=O) groups is 3. The van der Waals surface area contributed by atoms with Gasteiger partial charge in [0.15, 0.2) is 10.4 Å². The fourth-order valence-corrected chi connectivity index (χ4v) is 2.52. The number of carbonyl (C=O) groups excluding carboxylic acids is 3.